The second kappa shape index (κ2) is 5.79. The van der Waals surface area contributed by atoms with E-state index in [2.05, 4.69) is 76.2 Å². The molecule has 27 heavy (non-hydrogen) atoms. The van der Waals surface area contributed by atoms with Gasteiger partial charge in [-0.1, -0.05) is 49.2 Å². The lowest BCUT2D eigenvalue weighted by molar-refractivity contribution is 0.376. The first-order valence-corrected chi connectivity index (χ1v) is 10.1. The monoisotopic (exact) mass is 353 g/mol. The van der Waals surface area contributed by atoms with Crippen LogP contribution in [0.2, 0.25) is 0 Å². The van der Waals surface area contributed by atoms with Crippen molar-refractivity contribution in [3.63, 3.8) is 0 Å². The zero-order chi connectivity index (χ0) is 18.8. The molecule has 1 atom stereocenters. The molecule has 1 aliphatic heterocycles. The van der Waals surface area contributed by atoms with E-state index in [-0.39, 0.29) is 0 Å². The number of aryl methyl sites for hydroxylation is 2. The molecule has 1 unspecified atom stereocenters. The number of aliphatic imine (C=N–C) groups is 1. The Kier molecular flexibility index (Phi) is 3.59. The molecule has 1 saturated carbocycles. The first-order valence-electron chi connectivity index (χ1n) is 10.1. The zero-order valence-electron chi connectivity index (χ0n) is 16.8. The molecule has 1 fully saturated rings. The molecule has 0 N–H and O–H groups in total. The van der Waals surface area contributed by atoms with Gasteiger partial charge < -0.3 is 0 Å². The van der Waals surface area contributed by atoms with E-state index in [9.17, 15) is 0 Å². The van der Waals surface area contributed by atoms with Crippen LogP contribution in [0.5, 0.6) is 0 Å². The van der Waals surface area contributed by atoms with Crippen molar-refractivity contribution in [2.45, 2.75) is 52.9 Å². The first-order chi connectivity index (χ1) is 12.9. The molecule has 0 spiro atoms. The van der Waals surface area contributed by atoms with Gasteiger partial charge in [0, 0.05) is 16.5 Å². The highest BCUT2D eigenvalue weighted by Crippen LogP contribution is 2.48. The average molecular weight is 354 g/mol. The number of rotatable bonds is 2. The number of nitrogens with zero attached hydrogens (tertiary/aromatic N) is 1. The van der Waals surface area contributed by atoms with Crippen molar-refractivity contribution in [3.05, 3.63) is 76.3 Å². The van der Waals surface area contributed by atoms with E-state index < -0.39 is 0 Å². The molecule has 1 nitrogen and oxygen atoms in total. The lowest BCUT2D eigenvalue weighted by Crippen LogP contribution is -2.06. The maximum Gasteiger partial charge on any atom is 0.0789 e. The average Bonchev–Trinajstić information content (AvgIpc) is 3.16. The fourth-order valence-corrected chi connectivity index (χ4v) is 5.18. The molecule has 5 rings (SSSR count). The molecule has 0 saturated heterocycles. The third kappa shape index (κ3) is 2.81. The summed E-state index contributed by atoms with van der Waals surface area (Å²) in [6.45, 7) is 9.17. The first kappa shape index (κ1) is 16.7. The van der Waals surface area contributed by atoms with Crippen molar-refractivity contribution in [1.29, 1.82) is 0 Å². The normalized spacial score (nSPS) is 20.3. The Balaban J connectivity index is 1.68. The minimum Gasteiger partial charge on any atom is -0.247 e. The van der Waals surface area contributed by atoms with Crippen molar-refractivity contribution < 1.29 is 0 Å². The van der Waals surface area contributed by atoms with Gasteiger partial charge in [0.05, 0.1) is 11.4 Å². The van der Waals surface area contributed by atoms with Crippen LogP contribution in [0.15, 0.2) is 53.5 Å². The molecule has 0 aromatic heterocycles. The fraction of sp³-hybridized carbons (Fsp3) is 0.346. The van der Waals surface area contributed by atoms with E-state index in [1.807, 2.05) is 0 Å². The molecule has 3 aromatic rings. The zero-order valence-corrected chi connectivity index (χ0v) is 16.8. The van der Waals surface area contributed by atoms with Crippen molar-refractivity contribution >= 4 is 22.2 Å². The van der Waals surface area contributed by atoms with Crippen molar-refractivity contribution in [1.82, 2.24) is 0 Å². The quantitative estimate of drug-likeness (QED) is 0.360. The molecule has 1 heteroatoms. The molecular weight excluding hydrogens is 326 g/mol. The Morgan fingerprint density at radius 2 is 1.74 bits per heavy atom. The van der Waals surface area contributed by atoms with Crippen LogP contribution in [0.3, 0.4) is 0 Å². The minimum atomic E-state index is 0.465. The van der Waals surface area contributed by atoms with Crippen molar-refractivity contribution in [3.8, 4) is 0 Å². The van der Waals surface area contributed by atoms with Crippen LogP contribution in [0, 0.1) is 19.3 Å². The highest BCUT2D eigenvalue weighted by atomic mass is 14.8. The molecule has 1 aliphatic carbocycles. The van der Waals surface area contributed by atoms with E-state index in [0.29, 0.717) is 11.3 Å². The van der Waals surface area contributed by atoms with Crippen LogP contribution in [0.4, 0.5) is 5.69 Å². The van der Waals surface area contributed by atoms with Gasteiger partial charge >= 0.3 is 0 Å². The summed E-state index contributed by atoms with van der Waals surface area (Å²) in [5.41, 5.74) is 9.40. The van der Waals surface area contributed by atoms with Gasteiger partial charge in [0.25, 0.3) is 0 Å². The highest BCUT2D eigenvalue weighted by molar-refractivity contribution is 6.26. The van der Waals surface area contributed by atoms with Crippen LogP contribution >= 0.6 is 0 Å². The number of hydrogen-bond donors (Lipinski definition) is 0. The van der Waals surface area contributed by atoms with Crippen LogP contribution in [-0.2, 0) is 0 Å². The maximum atomic E-state index is 5.06. The molecule has 0 radical (unpaired) electrons. The summed E-state index contributed by atoms with van der Waals surface area (Å²) in [7, 11) is 0. The summed E-state index contributed by atoms with van der Waals surface area (Å²) in [4.78, 5) is 5.06. The summed E-state index contributed by atoms with van der Waals surface area (Å²) in [5, 5.41) is 2.67. The Morgan fingerprint density at radius 1 is 0.963 bits per heavy atom. The second-order valence-electron chi connectivity index (χ2n) is 9.38. The van der Waals surface area contributed by atoms with Gasteiger partial charge in [0.1, 0.15) is 0 Å². The summed E-state index contributed by atoms with van der Waals surface area (Å²) >= 11 is 0. The van der Waals surface area contributed by atoms with Gasteiger partial charge in [-0.25, -0.2) is 4.99 Å². The van der Waals surface area contributed by atoms with E-state index in [1.165, 1.54) is 57.9 Å². The smallest absolute Gasteiger partial charge is 0.0789 e. The molecule has 0 amide bonds. The van der Waals surface area contributed by atoms with E-state index >= 15 is 0 Å². The summed E-state index contributed by atoms with van der Waals surface area (Å²) in [5.74, 6) is 0.672. The summed E-state index contributed by atoms with van der Waals surface area (Å²) < 4.78 is 0. The lowest BCUT2D eigenvalue weighted by Gasteiger charge is -2.18. The van der Waals surface area contributed by atoms with Gasteiger partial charge in [-0.15, -0.1) is 0 Å². The Morgan fingerprint density at radius 3 is 2.44 bits per heavy atom. The SMILES string of the molecule is Cc1cc(C)cc(C2=Nc3cccc4cc(C5CCC(C)(C)C5)cc2c34)c1. The van der Waals surface area contributed by atoms with Crippen LogP contribution < -0.4 is 0 Å². The second-order valence-corrected chi connectivity index (χ2v) is 9.38. The minimum absolute atomic E-state index is 0.465. The van der Waals surface area contributed by atoms with Crippen LogP contribution in [0.1, 0.15) is 66.8 Å². The highest BCUT2D eigenvalue weighted by Gasteiger charge is 2.32. The topological polar surface area (TPSA) is 12.4 Å². The van der Waals surface area contributed by atoms with Gasteiger partial charge in [0.15, 0.2) is 0 Å². The fourth-order valence-electron chi connectivity index (χ4n) is 5.18. The molecular formula is C26H27N. The largest absolute Gasteiger partial charge is 0.247 e. The van der Waals surface area contributed by atoms with E-state index in [0.717, 1.165) is 11.4 Å². The van der Waals surface area contributed by atoms with Gasteiger partial charge in [-0.3, -0.25) is 0 Å². The predicted octanol–water partition coefficient (Wildman–Crippen LogP) is 7.23. The number of benzene rings is 3. The maximum absolute atomic E-state index is 5.06. The van der Waals surface area contributed by atoms with Gasteiger partial charge in [-0.2, -0.15) is 0 Å². The third-order valence-electron chi connectivity index (χ3n) is 6.40. The van der Waals surface area contributed by atoms with Crippen molar-refractivity contribution in [2.24, 2.45) is 10.4 Å². The molecule has 1 heterocycles. The number of hydrogen-bond acceptors (Lipinski definition) is 1. The van der Waals surface area contributed by atoms with Crippen molar-refractivity contribution in [2.75, 3.05) is 0 Å². The summed E-state index contributed by atoms with van der Waals surface area (Å²) in [6, 6.07) is 18.2. The standard InChI is InChI=1S/C26H27N/c1-16-10-17(2)12-21(11-16)25-22-14-20(19-8-9-26(3,4)15-19)13-18-6-5-7-23(27-25)24(18)22/h5-7,10-14,19H,8-9,15H2,1-4H3. The van der Waals surface area contributed by atoms with E-state index in [1.54, 1.807) is 0 Å². The third-order valence-corrected chi connectivity index (χ3v) is 6.40. The molecule has 2 aliphatic rings. The molecule has 3 aromatic carbocycles. The Hall–Kier alpha value is -2.41. The Labute approximate surface area is 162 Å². The van der Waals surface area contributed by atoms with Crippen LogP contribution in [0.25, 0.3) is 10.8 Å². The summed E-state index contributed by atoms with van der Waals surface area (Å²) in [6.07, 6.45) is 3.91. The van der Waals surface area contributed by atoms with E-state index in [4.69, 9.17) is 4.99 Å². The van der Waals surface area contributed by atoms with Gasteiger partial charge in [-0.05, 0) is 79.7 Å². The Bertz CT molecular complexity index is 1080. The molecule has 0 bridgehead atoms. The van der Waals surface area contributed by atoms with Crippen LogP contribution in [-0.4, -0.2) is 5.71 Å². The van der Waals surface area contributed by atoms with Gasteiger partial charge in [0.2, 0.25) is 0 Å². The molecule has 136 valence electrons. The predicted molar refractivity (Wildman–Crippen MR) is 116 cm³/mol. The lowest BCUT2D eigenvalue weighted by atomic mass is 9.86.